The third-order valence-electron chi connectivity index (χ3n) is 5.24. The number of hydrogen-bond acceptors (Lipinski definition) is 4. The second-order valence-electron chi connectivity index (χ2n) is 9.05. The topological polar surface area (TPSA) is 93.1 Å². The van der Waals surface area contributed by atoms with E-state index >= 15 is 0 Å². The van der Waals surface area contributed by atoms with Crippen molar-refractivity contribution in [3.8, 4) is 16.9 Å². The Morgan fingerprint density at radius 2 is 1.58 bits per heavy atom. The number of sulfonamides is 1. The van der Waals surface area contributed by atoms with Gasteiger partial charge in [0.15, 0.2) is 5.69 Å². The second-order valence-corrected chi connectivity index (χ2v) is 10.7. The quantitative estimate of drug-likeness (QED) is 0.350. The van der Waals surface area contributed by atoms with Gasteiger partial charge in [-0.05, 0) is 47.7 Å². The van der Waals surface area contributed by atoms with E-state index in [1.165, 1.54) is 24.3 Å². The average molecular weight is 533 g/mol. The molecule has 0 saturated heterocycles. The molecule has 1 amide bonds. The normalized spacial score (nSPS) is 12.2. The fourth-order valence-electron chi connectivity index (χ4n) is 3.30. The van der Waals surface area contributed by atoms with E-state index in [2.05, 4.69) is 10.5 Å². The van der Waals surface area contributed by atoms with E-state index in [0.717, 1.165) is 16.3 Å². The van der Waals surface area contributed by atoms with Crippen molar-refractivity contribution in [2.45, 2.75) is 57.0 Å². The fraction of sp³-hybridized carbons (Fsp3) is 0.333. The van der Waals surface area contributed by atoms with Crippen LogP contribution < -0.4 is 10.3 Å². The van der Waals surface area contributed by atoms with Gasteiger partial charge in [-0.3, -0.25) is 10.2 Å². The zero-order valence-electron chi connectivity index (χ0n) is 19.8. The summed E-state index contributed by atoms with van der Waals surface area (Å²) in [6, 6.07) is 13.3. The second kappa shape index (κ2) is 11.5. The standard InChI is InChI=1S/C24H27F3N4O3S.Na.H/c1-5-6-22(32)28-30-35(33,34)19-13-11-18(12-14-19)31-20(15-21(29-31)24(25,26)27)16-7-9-17(10-8-16)23(2,3)4;;/h7-15,30H,5-6H2,1-4H3,(H,28,32);;. The Kier molecular flexibility index (Phi) is 9.58. The van der Waals surface area contributed by atoms with Crippen molar-refractivity contribution in [2.75, 3.05) is 0 Å². The number of alkyl halides is 3. The molecule has 0 saturated carbocycles. The summed E-state index contributed by atoms with van der Waals surface area (Å²) in [5.41, 5.74) is 2.92. The number of hydrogen-bond donors (Lipinski definition) is 2. The zero-order chi connectivity index (χ0) is 26.0. The van der Waals surface area contributed by atoms with Gasteiger partial charge in [0.1, 0.15) is 0 Å². The molecule has 0 radical (unpaired) electrons. The molecule has 0 bridgehead atoms. The van der Waals surface area contributed by atoms with E-state index in [-0.39, 0.29) is 57.7 Å². The van der Waals surface area contributed by atoms with Crippen LogP contribution in [0.5, 0.6) is 0 Å². The maximum absolute atomic E-state index is 13.5. The monoisotopic (exact) mass is 532 g/mol. The van der Waals surface area contributed by atoms with Crippen LogP contribution in [0.15, 0.2) is 59.5 Å². The summed E-state index contributed by atoms with van der Waals surface area (Å²) in [4.78, 5) is 13.4. The first kappa shape index (κ1) is 30.0. The summed E-state index contributed by atoms with van der Waals surface area (Å²) in [6.07, 6.45) is -3.95. The van der Waals surface area contributed by atoms with Crippen LogP contribution in [-0.2, 0) is 26.4 Å². The minimum absolute atomic E-state index is 0. The van der Waals surface area contributed by atoms with Crippen molar-refractivity contribution < 1.29 is 26.4 Å². The van der Waals surface area contributed by atoms with Gasteiger partial charge in [-0.1, -0.05) is 52.0 Å². The van der Waals surface area contributed by atoms with Gasteiger partial charge < -0.3 is 0 Å². The molecule has 0 aliphatic rings. The van der Waals surface area contributed by atoms with E-state index in [1.807, 2.05) is 37.7 Å². The van der Waals surface area contributed by atoms with Gasteiger partial charge >= 0.3 is 35.7 Å². The molecular weight excluding hydrogens is 504 g/mol. The number of nitrogens with zero attached hydrogens (tertiary/aromatic N) is 2. The first-order chi connectivity index (χ1) is 16.2. The van der Waals surface area contributed by atoms with Gasteiger partial charge in [0.2, 0.25) is 5.91 Å². The molecule has 2 aromatic carbocycles. The molecule has 0 spiro atoms. The van der Waals surface area contributed by atoms with E-state index in [1.54, 1.807) is 19.1 Å². The van der Waals surface area contributed by atoms with E-state index < -0.39 is 27.8 Å². The van der Waals surface area contributed by atoms with Crippen molar-refractivity contribution in [2.24, 2.45) is 0 Å². The summed E-state index contributed by atoms with van der Waals surface area (Å²) in [5, 5.41) is 3.74. The van der Waals surface area contributed by atoms with E-state index in [0.29, 0.717) is 12.0 Å². The number of carbonyl (C=O) groups is 1. The number of aromatic nitrogens is 2. The van der Waals surface area contributed by atoms with Gasteiger partial charge in [-0.15, -0.1) is 4.83 Å². The predicted octanol–water partition coefficient (Wildman–Crippen LogP) is 4.32. The molecule has 0 aliphatic heterocycles. The Morgan fingerprint density at radius 3 is 2.08 bits per heavy atom. The van der Waals surface area contributed by atoms with E-state index in [9.17, 15) is 26.4 Å². The third kappa shape index (κ3) is 7.19. The summed E-state index contributed by atoms with van der Waals surface area (Å²) in [7, 11) is -4.06. The molecule has 0 unspecified atom stereocenters. The molecular formula is C24H28F3N4NaO3S. The number of rotatable bonds is 7. The number of amides is 1. The number of hydrazine groups is 1. The van der Waals surface area contributed by atoms with Gasteiger partial charge in [0.25, 0.3) is 10.0 Å². The van der Waals surface area contributed by atoms with Crippen LogP contribution >= 0.6 is 0 Å². The van der Waals surface area contributed by atoms with Gasteiger partial charge in [0.05, 0.1) is 16.3 Å². The predicted molar refractivity (Wildman–Crippen MR) is 133 cm³/mol. The molecule has 2 N–H and O–H groups in total. The summed E-state index contributed by atoms with van der Waals surface area (Å²) in [6.45, 7) is 7.88. The Bertz CT molecular complexity index is 1300. The summed E-state index contributed by atoms with van der Waals surface area (Å²) in [5.74, 6) is -0.481. The zero-order valence-corrected chi connectivity index (χ0v) is 20.6. The number of carbonyl (C=O) groups excluding carboxylic acids is 1. The van der Waals surface area contributed by atoms with Crippen LogP contribution in [0.25, 0.3) is 16.9 Å². The van der Waals surface area contributed by atoms with Gasteiger partial charge in [-0.25, -0.2) is 13.1 Å². The van der Waals surface area contributed by atoms with Crippen LogP contribution in [0.3, 0.4) is 0 Å². The molecule has 1 heterocycles. The first-order valence-corrected chi connectivity index (χ1v) is 12.4. The maximum atomic E-state index is 13.5. The van der Waals surface area contributed by atoms with Crippen molar-refractivity contribution >= 4 is 45.5 Å². The van der Waals surface area contributed by atoms with Crippen LogP contribution in [0, 0.1) is 0 Å². The van der Waals surface area contributed by atoms with Crippen molar-refractivity contribution in [1.82, 2.24) is 20.0 Å². The molecule has 0 fully saturated rings. The summed E-state index contributed by atoms with van der Waals surface area (Å²) < 4.78 is 66.4. The first-order valence-electron chi connectivity index (χ1n) is 10.9. The SMILES string of the molecule is CCCC(=O)NNS(=O)(=O)c1ccc(-n2nc(C(F)(F)F)cc2-c2ccc(C(C)(C)C)cc2)cc1.[NaH]. The number of halogens is 3. The molecule has 1 aromatic heterocycles. The minimum atomic E-state index is -4.66. The molecule has 3 rings (SSSR count). The molecule has 7 nitrogen and oxygen atoms in total. The number of nitrogens with one attached hydrogen (secondary N) is 2. The van der Waals surface area contributed by atoms with Crippen molar-refractivity contribution in [3.05, 3.63) is 65.9 Å². The van der Waals surface area contributed by atoms with Gasteiger partial charge in [0, 0.05) is 12.0 Å². The Balaban J connectivity index is 0.00000456. The Morgan fingerprint density at radius 1 is 1.00 bits per heavy atom. The summed E-state index contributed by atoms with van der Waals surface area (Å²) >= 11 is 0. The van der Waals surface area contributed by atoms with E-state index in [4.69, 9.17) is 0 Å². The molecule has 36 heavy (non-hydrogen) atoms. The van der Waals surface area contributed by atoms with Crippen LogP contribution in [0.1, 0.15) is 51.8 Å². The van der Waals surface area contributed by atoms with Crippen molar-refractivity contribution in [3.63, 3.8) is 0 Å². The van der Waals surface area contributed by atoms with Crippen LogP contribution in [0.2, 0.25) is 0 Å². The van der Waals surface area contributed by atoms with Gasteiger partial charge in [-0.2, -0.15) is 18.3 Å². The van der Waals surface area contributed by atoms with Crippen LogP contribution in [0.4, 0.5) is 13.2 Å². The third-order valence-corrected chi connectivity index (χ3v) is 6.50. The Labute approximate surface area is 230 Å². The molecule has 190 valence electrons. The molecule has 0 aliphatic carbocycles. The fourth-order valence-corrected chi connectivity index (χ4v) is 4.16. The number of benzene rings is 2. The molecule has 0 atom stereocenters. The van der Waals surface area contributed by atoms with Crippen LogP contribution in [-0.4, -0.2) is 53.7 Å². The molecule has 12 heteroatoms. The Hall–Kier alpha value is -2.18. The average Bonchev–Trinajstić information content (AvgIpc) is 3.24. The molecule has 3 aromatic rings. The van der Waals surface area contributed by atoms with Crippen molar-refractivity contribution in [1.29, 1.82) is 0 Å².